The van der Waals surface area contributed by atoms with Crippen LogP contribution in [0.25, 0.3) is 0 Å². The minimum atomic E-state index is -1.09. The van der Waals surface area contributed by atoms with Crippen LogP contribution in [0.4, 0.5) is 11.4 Å². The Hall–Kier alpha value is -2.24. The molecule has 1 rings (SSSR count). The highest BCUT2D eigenvalue weighted by Gasteiger charge is 2.25. The zero-order valence-electron chi connectivity index (χ0n) is 10.4. The molecule has 0 saturated heterocycles. The fourth-order valence-corrected chi connectivity index (χ4v) is 1.31. The smallest absolute Gasteiger partial charge is 0.337 e. The number of primary amides is 1. The zero-order valence-corrected chi connectivity index (χ0v) is 10.4. The average molecular weight is 251 g/mol. The molecule has 0 atom stereocenters. The number of benzene rings is 1. The van der Waals surface area contributed by atoms with Gasteiger partial charge in [-0.15, -0.1) is 0 Å². The molecule has 0 unspecified atom stereocenters. The molecule has 0 aliphatic heterocycles. The van der Waals surface area contributed by atoms with Gasteiger partial charge in [0.25, 0.3) is 0 Å². The Morgan fingerprint density at radius 3 is 2.50 bits per heavy atom. The van der Waals surface area contributed by atoms with E-state index in [0.29, 0.717) is 5.69 Å². The Balaban J connectivity index is 2.90. The van der Waals surface area contributed by atoms with E-state index in [2.05, 4.69) is 5.32 Å². The van der Waals surface area contributed by atoms with Crippen molar-refractivity contribution in [3.8, 4) is 0 Å². The standard InChI is InChI=1S/C12H17N3O3/c1-12(2,11(14)18)6-15-8-5-3-4-7(9(8)13)10(16)17/h3-5,15H,6,13H2,1-2H3,(H2,14,18)(H,16,17). The summed E-state index contributed by atoms with van der Waals surface area (Å²) < 4.78 is 0. The van der Waals surface area contributed by atoms with E-state index in [9.17, 15) is 9.59 Å². The molecule has 0 aromatic heterocycles. The van der Waals surface area contributed by atoms with Crippen molar-refractivity contribution in [2.75, 3.05) is 17.6 Å². The van der Waals surface area contributed by atoms with Gasteiger partial charge in [0, 0.05) is 6.54 Å². The maximum Gasteiger partial charge on any atom is 0.337 e. The van der Waals surface area contributed by atoms with Crippen LogP contribution in [0.3, 0.4) is 0 Å². The molecule has 6 nitrogen and oxygen atoms in total. The first-order valence-corrected chi connectivity index (χ1v) is 5.41. The van der Waals surface area contributed by atoms with Crippen LogP contribution in [-0.4, -0.2) is 23.5 Å². The molecule has 1 amide bonds. The number of carboxylic acids is 1. The molecular weight excluding hydrogens is 234 g/mol. The lowest BCUT2D eigenvalue weighted by molar-refractivity contribution is -0.125. The third-order valence-electron chi connectivity index (χ3n) is 2.72. The van der Waals surface area contributed by atoms with Crippen molar-refractivity contribution in [3.05, 3.63) is 23.8 Å². The molecule has 0 aliphatic carbocycles. The van der Waals surface area contributed by atoms with E-state index in [1.165, 1.54) is 6.07 Å². The second kappa shape index (κ2) is 4.95. The molecule has 6 N–H and O–H groups in total. The third kappa shape index (κ3) is 2.91. The maximum atomic E-state index is 11.2. The number of amides is 1. The van der Waals surface area contributed by atoms with Gasteiger partial charge < -0.3 is 21.9 Å². The highest BCUT2D eigenvalue weighted by Crippen LogP contribution is 2.24. The van der Waals surface area contributed by atoms with Gasteiger partial charge in [0.1, 0.15) is 0 Å². The molecule has 0 aliphatic rings. The van der Waals surface area contributed by atoms with Crippen LogP contribution < -0.4 is 16.8 Å². The van der Waals surface area contributed by atoms with E-state index in [1.807, 2.05) is 0 Å². The van der Waals surface area contributed by atoms with Gasteiger partial charge in [-0.3, -0.25) is 4.79 Å². The fourth-order valence-electron chi connectivity index (χ4n) is 1.31. The van der Waals surface area contributed by atoms with Crippen molar-refractivity contribution < 1.29 is 14.7 Å². The maximum absolute atomic E-state index is 11.2. The van der Waals surface area contributed by atoms with Crippen LogP contribution in [0, 0.1) is 5.41 Å². The van der Waals surface area contributed by atoms with E-state index < -0.39 is 17.3 Å². The van der Waals surface area contributed by atoms with Gasteiger partial charge >= 0.3 is 5.97 Å². The molecule has 0 heterocycles. The van der Waals surface area contributed by atoms with Gasteiger partial charge in [-0.2, -0.15) is 0 Å². The Bertz CT molecular complexity index is 483. The van der Waals surface area contributed by atoms with Crippen LogP contribution in [0.1, 0.15) is 24.2 Å². The molecule has 98 valence electrons. The van der Waals surface area contributed by atoms with E-state index in [-0.39, 0.29) is 17.8 Å². The van der Waals surface area contributed by atoms with Gasteiger partial charge in [0.15, 0.2) is 0 Å². The van der Waals surface area contributed by atoms with Crippen molar-refractivity contribution in [1.82, 2.24) is 0 Å². The van der Waals surface area contributed by atoms with Crippen molar-refractivity contribution in [3.63, 3.8) is 0 Å². The number of anilines is 2. The lowest BCUT2D eigenvalue weighted by Gasteiger charge is -2.22. The van der Waals surface area contributed by atoms with Crippen LogP contribution in [0.2, 0.25) is 0 Å². The molecule has 6 heteroatoms. The van der Waals surface area contributed by atoms with Crippen molar-refractivity contribution in [2.45, 2.75) is 13.8 Å². The summed E-state index contributed by atoms with van der Waals surface area (Å²) in [6.07, 6.45) is 0. The van der Waals surface area contributed by atoms with Crippen molar-refractivity contribution in [2.24, 2.45) is 11.1 Å². The Labute approximate surface area is 105 Å². The Kier molecular flexibility index (Phi) is 3.80. The van der Waals surface area contributed by atoms with E-state index in [0.717, 1.165) is 0 Å². The number of rotatable bonds is 5. The molecule has 0 radical (unpaired) electrons. The summed E-state index contributed by atoms with van der Waals surface area (Å²) in [6, 6.07) is 4.65. The molecule has 18 heavy (non-hydrogen) atoms. The van der Waals surface area contributed by atoms with E-state index in [4.69, 9.17) is 16.6 Å². The predicted molar refractivity (Wildman–Crippen MR) is 69.3 cm³/mol. The number of para-hydroxylation sites is 1. The quantitative estimate of drug-likeness (QED) is 0.579. The summed E-state index contributed by atoms with van der Waals surface area (Å²) >= 11 is 0. The number of carboxylic acid groups (broad SMARTS) is 1. The summed E-state index contributed by atoms with van der Waals surface area (Å²) in [6.45, 7) is 3.66. The SMILES string of the molecule is CC(C)(CNc1cccc(C(=O)O)c1N)C(N)=O. The lowest BCUT2D eigenvalue weighted by Crippen LogP contribution is -2.37. The summed E-state index contributed by atoms with van der Waals surface area (Å²) in [5, 5.41) is 11.9. The first kappa shape index (κ1) is 13.8. The number of hydrogen-bond acceptors (Lipinski definition) is 4. The second-order valence-electron chi connectivity index (χ2n) is 4.67. The highest BCUT2D eigenvalue weighted by atomic mass is 16.4. The molecule has 0 saturated carbocycles. The third-order valence-corrected chi connectivity index (χ3v) is 2.72. The van der Waals surface area contributed by atoms with Crippen LogP contribution in [0.15, 0.2) is 18.2 Å². The van der Waals surface area contributed by atoms with Gasteiger partial charge in [0.05, 0.1) is 22.4 Å². The number of nitrogens with two attached hydrogens (primary N) is 2. The number of carbonyl (C=O) groups is 2. The van der Waals surface area contributed by atoms with E-state index in [1.54, 1.807) is 26.0 Å². The molecule has 1 aromatic carbocycles. The van der Waals surface area contributed by atoms with Gasteiger partial charge in [0.2, 0.25) is 5.91 Å². The largest absolute Gasteiger partial charge is 0.478 e. The summed E-state index contributed by atoms with van der Waals surface area (Å²) in [4.78, 5) is 22.1. The molecule has 1 aromatic rings. The van der Waals surface area contributed by atoms with Crippen LogP contribution >= 0.6 is 0 Å². The minimum absolute atomic E-state index is 0.0249. The topological polar surface area (TPSA) is 118 Å². The summed E-state index contributed by atoms with van der Waals surface area (Å²) in [5.41, 5.74) is 10.9. The fraction of sp³-hybridized carbons (Fsp3) is 0.333. The van der Waals surface area contributed by atoms with Gasteiger partial charge in [-0.25, -0.2) is 4.79 Å². The summed E-state index contributed by atoms with van der Waals surface area (Å²) in [7, 11) is 0. The lowest BCUT2D eigenvalue weighted by atomic mass is 9.92. The van der Waals surface area contributed by atoms with Crippen LogP contribution in [-0.2, 0) is 4.79 Å². The Morgan fingerprint density at radius 2 is 2.00 bits per heavy atom. The first-order chi connectivity index (χ1) is 8.25. The monoisotopic (exact) mass is 251 g/mol. The van der Waals surface area contributed by atoms with Gasteiger partial charge in [-0.1, -0.05) is 6.07 Å². The first-order valence-electron chi connectivity index (χ1n) is 5.41. The number of hydrogen-bond donors (Lipinski definition) is 4. The number of nitrogens with one attached hydrogen (secondary N) is 1. The molecule has 0 bridgehead atoms. The van der Waals surface area contributed by atoms with Crippen molar-refractivity contribution >= 4 is 23.3 Å². The highest BCUT2D eigenvalue weighted by molar-refractivity contribution is 5.97. The number of nitrogen functional groups attached to an aromatic ring is 1. The second-order valence-corrected chi connectivity index (χ2v) is 4.67. The number of carbonyl (C=O) groups excluding carboxylic acids is 1. The molecule has 0 fully saturated rings. The predicted octanol–water partition coefficient (Wildman–Crippen LogP) is 0.890. The van der Waals surface area contributed by atoms with E-state index >= 15 is 0 Å². The average Bonchev–Trinajstić information content (AvgIpc) is 2.27. The molecular formula is C12H17N3O3. The zero-order chi connectivity index (χ0) is 13.9. The van der Waals surface area contributed by atoms with Gasteiger partial charge in [-0.05, 0) is 26.0 Å². The Morgan fingerprint density at radius 1 is 1.39 bits per heavy atom. The number of aromatic carboxylic acids is 1. The van der Waals surface area contributed by atoms with Crippen LogP contribution in [0.5, 0.6) is 0 Å². The minimum Gasteiger partial charge on any atom is -0.478 e. The normalized spacial score (nSPS) is 11.0. The van der Waals surface area contributed by atoms with Crippen molar-refractivity contribution in [1.29, 1.82) is 0 Å². The molecule has 0 spiro atoms. The summed E-state index contributed by atoms with van der Waals surface area (Å²) in [5.74, 6) is -1.53.